The monoisotopic (exact) mass is 387 g/mol. The molecule has 0 fully saturated rings. The van der Waals surface area contributed by atoms with E-state index in [2.05, 4.69) is 5.10 Å². The van der Waals surface area contributed by atoms with Crippen molar-refractivity contribution in [3.8, 4) is 17.5 Å². The van der Waals surface area contributed by atoms with E-state index < -0.39 is 11.5 Å². The van der Waals surface area contributed by atoms with Crippen molar-refractivity contribution in [2.75, 3.05) is 7.11 Å². The predicted octanol–water partition coefficient (Wildman–Crippen LogP) is 3.29. The average molecular weight is 387 g/mol. The third-order valence-electron chi connectivity index (χ3n) is 4.23. The third-order valence-corrected chi connectivity index (χ3v) is 4.23. The minimum atomic E-state index is -1.34. The molecule has 29 heavy (non-hydrogen) atoms. The van der Waals surface area contributed by atoms with Gasteiger partial charge in [-0.15, -0.1) is 0 Å². The van der Waals surface area contributed by atoms with Crippen molar-refractivity contribution in [2.45, 2.75) is 6.92 Å². The van der Waals surface area contributed by atoms with Gasteiger partial charge in [-0.25, -0.2) is 4.79 Å². The van der Waals surface area contributed by atoms with E-state index in [-0.39, 0.29) is 16.8 Å². The maximum atomic E-state index is 12.9. The van der Waals surface area contributed by atoms with E-state index in [1.165, 1.54) is 13.2 Å². The van der Waals surface area contributed by atoms with Gasteiger partial charge in [0.1, 0.15) is 17.4 Å². The number of benzene rings is 2. The number of rotatable bonds is 5. The molecular formula is C22H17N3O4. The number of ether oxygens (including phenoxy) is 1. The van der Waals surface area contributed by atoms with Crippen molar-refractivity contribution in [3.05, 3.63) is 86.8 Å². The summed E-state index contributed by atoms with van der Waals surface area (Å²) in [5.74, 6) is -0.715. The van der Waals surface area contributed by atoms with Crippen LogP contribution in [0.3, 0.4) is 0 Å². The Kier molecular flexibility index (Phi) is 5.56. The van der Waals surface area contributed by atoms with Crippen molar-refractivity contribution in [3.63, 3.8) is 0 Å². The summed E-state index contributed by atoms with van der Waals surface area (Å²) >= 11 is 0. The molecule has 0 unspecified atom stereocenters. The molecule has 144 valence electrons. The van der Waals surface area contributed by atoms with Crippen LogP contribution in [0.4, 0.5) is 0 Å². The summed E-state index contributed by atoms with van der Waals surface area (Å²) in [5.41, 5.74) is 0.559. The zero-order chi connectivity index (χ0) is 21.0. The second kappa shape index (κ2) is 8.23. The van der Waals surface area contributed by atoms with Crippen LogP contribution in [0.1, 0.15) is 32.7 Å². The van der Waals surface area contributed by atoms with Crippen LogP contribution < -0.4 is 10.3 Å². The number of hydrogen-bond acceptors (Lipinski definition) is 5. The first kappa shape index (κ1) is 19.6. The first-order chi connectivity index (χ1) is 13.9. The Hall–Kier alpha value is -4.18. The Balaban J connectivity index is 2.20. The molecule has 0 aliphatic rings. The molecule has 0 aliphatic carbocycles. The number of hydrogen-bond donors (Lipinski definition) is 1. The number of aromatic nitrogens is 2. The molecule has 7 heteroatoms. The zero-order valence-corrected chi connectivity index (χ0v) is 15.8. The molecule has 7 nitrogen and oxygen atoms in total. The van der Waals surface area contributed by atoms with Gasteiger partial charge in [-0.05, 0) is 42.3 Å². The molecule has 3 aromatic rings. The van der Waals surface area contributed by atoms with Gasteiger partial charge in [0.15, 0.2) is 5.69 Å². The fourth-order valence-electron chi connectivity index (χ4n) is 2.83. The van der Waals surface area contributed by atoms with Crippen LogP contribution in [0.25, 0.3) is 17.8 Å². The van der Waals surface area contributed by atoms with Crippen LogP contribution in [0, 0.1) is 18.3 Å². The van der Waals surface area contributed by atoms with Crippen LogP contribution in [0.5, 0.6) is 5.75 Å². The van der Waals surface area contributed by atoms with E-state index in [0.29, 0.717) is 17.0 Å². The Morgan fingerprint density at radius 3 is 2.62 bits per heavy atom. The summed E-state index contributed by atoms with van der Waals surface area (Å²) in [6, 6.07) is 15.8. The smallest absolute Gasteiger partial charge is 0.357 e. The maximum Gasteiger partial charge on any atom is 0.357 e. The van der Waals surface area contributed by atoms with Gasteiger partial charge in [-0.3, -0.25) is 4.79 Å². The molecule has 0 amide bonds. The highest BCUT2D eigenvalue weighted by molar-refractivity contribution is 5.92. The van der Waals surface area contributed by atoms with E-state index in [1.54, 1.807) is 48.5 Å². The Bertz CT molecular complexity index is 1220. The number of nitriles is 1. The summed E-state index contributed by atoms with van der Waals surface area (Å²) in [5, 5.41) is 23.2. The number of carboxylic acids is 1. The molecule has 0 bridgehead atoms. The number of carbonyl (C=O) groups is 1. The van der Waals surface area contributed by atoms with Crippen LogP contribution >= 0.6 is 0 Å². The van der Waals surface area contributed by atoms with E-state index >= 15 is 0 Å². The van der Waals surface area contributed by atoms with Gasteiger partial charge in [0.2, 0.25) is 0 Å². The number of nitrogens with zero attached hydrogens (tertiary/aromatic N) is 3. The van der Waals surface area contributed by atoms with Crippen molar-refractivity contribution < 1.29 is 14.6 Å². The highest BCUT2D eigenvalue weighted by atomic mass is 16.5. The zero-order valence-electron chi connectivity index (χ0n) is 15.8. The van der Waals surface area contributed by atoms with Crippen molar-refractivity contribution >= 4 is 18.1 Å². The van der Waals surface area contributed by atoms with E-state index in [4.69, 9.17) is 4.74 Å². The van der Waals surface area contributed by atoms with Crippen LogP contribution in [0.15, 0.2) is 53.3 Å². The normalized spacial score (nSPS) is 10.7. The molecule has 0 spiro atoms. The topological polar surface area (TPSA) is 105 Å². The van der Waals surface area contributed by atoms with Crippen molar-refractivity contribution in [2.24, 2.45) is 0 Å². The molecule has 0 radical (unpaired) electrons. The van der Waals surface area contributed by atoms with Gasteiger partial charge in [0.05, 0.1) is 12.8 Å². The highest BCUT2D eigenvalue weighted by Gasteiger charge is 2.21. The van der Waals surface area contributed by atoms with Gasteiger partial charge in [0.25, 0.3) is 5.56 Å². The SMILES string of the molecule is COc1cccc(/C=C\c2c(C(=O)O)nn(-c3cccc(C)c3)c(=O)c2C#N)c1. The van der Waals surface area contributed by atoms with Gasteiger partial charge >= 0.3 is 5.97 Å². The van der Waals surface area contributed by atoms with Gasteiger partial charge < -0.3 is 9.84 Å². The van der Waals surface area contributed by atoms with E-state index in [9.17, 15) is 20.0 Å². The first-order valence-corrected chi connectivity index (χ1v) is 8.64. The average Bonchev–Trinajstić information content (AvgIpc) is 2.72. The number of aryl methyl sites for hydroxylation is 1. The summed E-state index contributed by atoms with van der Waals surface area (Å²) in [7, 11) is 1.54. The van der Waals surface area contributed by atoms with Crippen LogP contribution in [-0.4, -0.2) is 28.0 Å². The predicted molar refractivity (Wildman–Crippen MR) is 108 cm³/mol. The molecular weight excluding hydrogens is 370 g/mol. The van der Waals surface area contributed by atoms with Crippen molar-refractivity contribution in [1.29, 1.82) is 5.26 Å². The number of aromatic carboxylic acids is 1. The summed E-state index contributed by atoms with van der Waals surface area (Å²) in [4.78, 5) is 24.7. The minimum absolute atomic E-state index is 0.0447. The fourth-order valence-corrected chi connectivity index (χ4v) is 2.83. The molecule has 3 rings (SSSR count). The Morgan fingerprint density at radius 2 is 1.97 bits per heavy atom. The molecule has 0 saturated carbocycles. The molecule has 1 N–H and O–H groups in total. The maximum absolute atomic E-state index is 12.9. The third kappa shape index (κ3) is 4.06. The molecule has 2 aromatic carbocycles. The van der Waals surface area contributed by atoms with E-state index in [1.807, 2.05) is 19.1 Å². The first-order valence-electron chi connectivity index (χ1n) is 8.64. The van der Waals surface area contributed by atoms with Crippen molar-refractivity contribution in [1.82, 2.24) is 9.78 Å². The summed E-state index contributed by atoms with van der Waals surface area (Å²) < 4.78 is 6.10. The Morgan fingerprint density at radius 1 is 1.21 bits per heavy atom. The molecule has 0 saturated heterocycles. The van der Waals surface area contributed by atoms with Crippen LogP contribution in [0.2, 0.25) is 0 Å². The summed E-state index contributed by atoms with van der Waals surface area (Å²) in [6.45, 7) is 1.84. The number of carboxylic acid groups (broad SMARTS) is 1. The van der Waals surface area contributed by atoms with Crippen LogP contribution in [-0.2, 0) is 0 Å². The molecule has 0 aliphatic heterocycles. The molecule has 0 atom stereocenters. The lowest BCUT2D eigenvalue weighted by molar-refractivity contribution is 0.0688. The quantitative estimate of drug-likeness (QED) is 0.720. The second-order valence-corrected chi connectivity index (χ2v) is 6.22. The van der Waals surface area contributed by atoms with E-state index in [0.717, 1.165) is 10.2 Å². The lowest BCUT2D eigenvalue weighted by Crippen LogP contribution is -2.28. The highest BCUT2D eigenvalue weighted by Crippen LogP contribution is 2.18. The van der Waals surface area contributed by atoms with Gasteiger partial charge in [0, 0.05) is 5.56 Å². The fraction of sp³-hybridized carbons (Fsp3) is 0.0909. The summed E-state index contributed by atoms with van der Waals surface area (Å²) in [6.07, 6.45) is 3.01. The Labute approximate surface area is 166 Å². The van der Waals surface area contributed by atoms with Gasteiger partial charge in [-0.2, -0.15) is 15.0 Å². The molecule has 1 heterocycles. The standard InChI is InChI=1S/C22H17N3O4/c1-14-5-3-7-16(11-14)25-21(26)19(13-23)18(20(24-25)22(27)28)10-9-15-6-4-8-17(12-15)29-2/h3-12H,1-2H3,(H,27,28)/b10-9-. The lowest BCUT2D eigenvalue weighted by atomic mass is 10.1. The minimum Gasteiger partial charge on any atom is -0.497 e. The van der Waals surface area contributed by atoms with Gasteiger partial charge in [-0.1, -0.05) is 36.4 Å². The largest absolute Gasteiger partial charge is 0.497 e. The second-order valence-electron chi connectivity index (χ2n) is 6.22. The lowest BCUT2D eigenvalue weighted by Gasteiger charge is -2.10. The number of methoxy groups -OCH3 is 1. The molecule has 1 aromatic heterocycles.